The number of fused-ring (bicyclic) bond motifs is 1. The molecule has 2 aromatic heterocycles. The maximum atomic E-state index is 12.4. The molecule has 0 saturated heterocycles. The van der Waals surface area contributed by atoms with Crippen molar-refractivity contribution in [3.63, 3.8) is 0 Å². The first kappa shape index (κ1) is 20.2. The van der Waals surface area contributed by atoms with Crippen LogP contribution >= 0.6 is 33.2 Å². The number of hydrogen-bond donors (Lipinski definition) is 1. The zero-order valence-electron chi connectivity index (χ0n) is 14.5. The van der Waals surface area contributed by atoms with Crippen LogP contribution in [0.25, 0.3) is 11.2 Å². The number of aromatic nitrogens is 3. The lowest BCUT2D eigenvalue weighted by Crippen LogP contribution is -2.21. The molecule has 0 spiro atoms. The van der Waals surface area contributed by atoms with Crippen molar-refractivity contribution in [1.29, 1.82) is 0 Å². The molecule has 0 aromatic carbocycles. The van der Waals surface area contributed by atoms with Gasteiger partial charge in [-0.1, -0.05) is 47.0 Å². The maximum Gasteiger partial charge on any atom is 0.327 e. The molecule has 0 unspecified atom stereocenters. The second-order valence-electron chi connectivity index (χ2n) is 5.38. The molecule has 9 heteroatoms. The van der Waals surface area contributed by atoms with Crippen LogP contribution in [0.1, 0.15) is 45.2 Å². The van der Waals surface area contributed by atoms with Crippen LogP contribution in [-0.2, 0) is 15.3 Å². The lowest BCUT2D eigenvalue weighted by molar-refractivity contribution is -0.139. The Hall–Kier alpha value is -1.12. The maximum absolute atomic E-state index is 12.4. The van der Waals surface area contributed by atoms with E-state index >= 15 is 0 Å². The summed E-state index contributed by atoms with van der Waals surface area (Å²) in [7, 11) is 2.92. The van der Waals surface area contributed by atoms with Crippen molar-refractivity contribution < 1.29 is 9.53 Å². The fourth-order valence-electron chi connectivity index (χ4n) is 2.66. The average Bonchev–Trinajstić information content (AvgIpc) is 2.91. The zero-order valence-corrected chi connectivity index (χ0v) is 16.9. The van der Waals surface area contributed by atoms with Crippen molar-refractivity contribution in [1.82, 2.24) is 14.5 Å². The lowest BCUT2D eigenvalue weighted by Gasteiger charge is -2.16. The molecule has 0 aliphatic rings. The van der Waals surface area contributed by atoms with Crippen molar-refractivity contribution in [2.45, 2.75) is 45.4 Å². The van der Waals surface area contributed by atoms with E-state index in [0.29, 0.717) is 23.0 Å². The number of imidazole rings is 1. The Bertz CT molecular complexity index is 787. The van der Waals surface area contributed by atoms with Gasteiger partial charge in [0.1, 0.15) is 5.75 Å². The quantitative estimate of drug-likeness (QED) is 0.384. The molecule has 0 aliphatic heterocycles. The average molecular weight is 404 g/mol. The number of carbonyl (C=O) groups excluding carboxylic acids is 1. The number of halogens is 1. The van der Waals surface area contributed by atoms with E-state index in [1.807, 2.05) is 0 Å². The molecule has 0 fully saturated rings. The molecular weight excluding hydrogens is 382 g/mol. The van der Waals surface area contributed by atoms with Crippen LogP contribution in [0.15, 0.2) is 11.0 Å². The van der Waals surface area contributed by atoms with Gasteiger partial charge in [-0.05, 0) is 19.8 Å². The van der Waals surface area contributed by atoms with Gasteiger partial charge in [-0.15, -0.1) is 0 Å². The van der Waals surface area contributed by atoms with Crippen molar-refractivity contribution >= 4 is 50.3 Å². The molecule has 2 rings (SSSR count). The molecule has 0 atom stereocenters. The van der Waals surface area contributed by atoms with Gasteiger partial charge in [0.05, 0.1) is 17.1 Å². The summed E-state index contributed by atoms with van der Waals surface area (Å²) in [5.41, 5.74) is 2.00. The van der Waals surface area contributed by atoms with Gasteiger partial charge in [-0.25, -0.2) is 9.78 Å². The molecule has 0 amide bonds. The first-order chi connectivity index (χ1) is 12.0. The van der Waals surface area contributed by atoms with E-state index in [1.54, 1.807) is 17.7 Å². The number of nitrogens with zero attached hydrogens (tertiary/aromatic N) is 2. The second kappa shape index (κ2) is 9.54. The summed E-state index contributed by atoms with van der Waals surface area (Å²) >= 11 is 6.36. The van der Waals surface area contributed by atoms with Gasteiger partial charge < -0.3 is 4.74 Å². The third-order valence-electron chi connectivity index (χ3n) is 3.87. The summed E-state index contributed by atoms with van der Waals surface area (Å²) in [5.74, 6) is 0.609. The van der Waals surface area contributed by atoms with Crippen molar-refractivity contribution in [3.05, 3.63) is 27.3 Å². The predicted octanol–water partition coefficient (Wildman–Crippen LogP) is 4.18. The van der Waals surface area contributed by atoms with Gasteiger partial charge in [0, 0.05) is 23.6 Å². The first-order valence-electron chi connectivity index (χ1n) is 8.20. The largest absolute Gasteiger partial charge is 0.465 e. The number of pyridine rings is 1. The van der Waals surface area contributed by atoms with Crippen LogP contribution in [0.4, 0.5) is 0 Å². The van der Waals surface area contributed by atoms with Gasteiger partial charge in [0.15, 0.2) is 5.65 Å². The third kappa shape index (κ3) is 4.74. The van der Waals surface area contributed by atoms with Gasteiger partial charge >= 0.3 is 11.7 Å². The normalized spacial score (nSPS) is 11.4. The lowest BCUT2D eigenvalue weighted by atomic mass is 10.1. The van der Waals surface area contributed by atoms with Crippen LogP contribution < -0.4 is 5.69 Å². The first-order valence-corrected chi connectivity index (χ1v) is 11.1. The molecule has 0 radical (unpaired) electrons. The van der Waals surface area contributed by atoms with E-state index in [0.717, 1.165) is 23.9 Å². The van der Waals surface area contributed by atoms with Gasteiger partial charge in [-0.3, -0.25) is 14.3 Å². The third-order valence-corrected chi connectivity index (χ3v) is 6.33. The Morgan fingerprint density at radius 2 is 2.08 bits per heavy atom. The summed E-state index contributed by atoms with van der Waals surface area (Å²) in [6.45, 7) is 6.28. The summed E-state index contributed by atoms with van der Waals surface area (Å²) in [5, 5.41) is 0.524. The minimum Gasteiger partial charge on any atom is -0.465 e. The molecule has 0 saturated carbocycles. The molecular formula is C16H22ClN3O3S2. The number of ether oxygens (including phenoxy) is 1. The minimum absolute atomic E-state index is 0.0949. The molecule has 6 nitrogen and oxygen atoms in total. The summed E-state index contributed by atoms with van der Waals surface area (Å²) in [6.07, 6.45) is 3.25. The van der Waals surface area contributed by atoms with Crippen LogP contribution in [0.2, 0.25) is 5.02 Å². The number of rotatable bonds is 9. The molecule has 25 heavy (non-hydrogen) atoms. The predicted molar refractivity (Wildman–Crippen MR) is 105 cm³/mol. The Kier molecular flexibility index (Phi) is 7.71. The smallest absolute Gasteiger partial charge is 0.327 e. The zero-order chi connectivity index (χ0) is 18.4. The summed E-state index contributed by atoms with van der Waals surface area (Å²) in [4.78, 5) is 30.9. The Morgan fingerprint density at radius 3 is 2.72 bits per heavy atom. The standard InChI is InChI=1S/C16H22ClN3O3S2/c1-4-10(5-2)20-14-11(8-24-25-9-13(21)23-6-3)12(17)7-18-15(14)19-16(20)22/h7,10H,4-6,8-9H2,1-3H3,(H,18,19,22). The molecule has 138 valence electrons. The molecule has 1 N–H and O–H groups in total. The van der Waals surface area contributed by atoms with E-state index < -0.39 is 0 Å². The second-order valence-corrected chi connectivity index (χ2v) is 8.25. The van der Waals surface area contributed by atoms with Crippen LogP contribution in [-0.4, -0.2) is 32.9 Å². The highest BCUT2D eigenvalue weighted by Crippen LogP contribution is 2.33. The number of aromatic amines is 1. The van der Waals surface area contributed by atoms with Gasteiger partial charge in [0.2, 0.25) is 0 Å². The summed E-state index contributed by atoms with van der Waals surface area (Å²) in [6, 6.07) is 0.0949. The van der Waals surface area contributed by atoms with Crippen LogP contribution in [0.5, 0.6) is 0 Å². The number of nitrogens with one attached hydrogen (secondary N) is 1. The van der Waals surface area contributed by atoms with E-state index in [4.69, 9.17) is 16.3 Å². The molecule has 0 aliphatic carbocycles. The SMILES string of the molecule is CCOC(=O)CSSCc1c(Cl)cnc2[nH]c(=O)n(C(CC)CC)c12. The topological polar surface area (TPSA) is 77.0 Å². The van der Waals surface area contributed by atoms with E-state index in [9.17, 15) is 9.59 Å². The number of hydrogen-bond acceptors (Lipinski definition) is 6. The van der Waals surface area contributed by atoms with Crippen molar-refractivity contribution in [2.24, 2.45) is 0 Å². The number of H-pyrrole nitrogens is 1. The monoisotopic (exact) mass is 403 g/mol. The molecule has 0 bridgehead atoms. The highest BCUT2D eigenvalue weighted by molar-refractivity contribution is 8.76. The van der Waals surface area contributed by atoms with E-state index in [2.05, 4.69) is 23.8 Å². The fourth-order valence-corrected chi connectivity index (χ4v) is 4.85. The molecule has 2 aromatic rings. The van der Waals surface area contributed by atoms with E-state index in [-0.39, 0.29) is 23.5 Å². The number of carbonyl (C=O) groups is 1. The van der Waals surface area contributed by atoms with Crippen LogP contribution in [0.3, 0.4) is 0 Å². The van der Waals surface area contributed by atoms with E-state index in [1.165, 1.54) is 21.6 Å². The van der Waals surface area contributed by atoms with Crippen LogP contribution in [0, 0.1) is 0 Å². The Labute approximate surface area is 159 Å². The van der Waals surface area contributed by atoms with Gasteiger partial charge in [-0.2, -0.15) is 0 Å². The van der Waals surface area contributed by atoms with Gasteiger partial charge in [0.25, 0.3) is 0 Å². The van der Waals surface area contributed by atoms with Crippen molar-refractivity contribution in [3.8, 4) is 0 Å². The highest BCUT2D eigenvalue weighted by Gasteiger charge is 2.20. The van der Waals surface area contributed by atoms with Crippen molar-refractivity contribution in [2.75, 3.05) is 12.4 Å². The summed E-state index contributed by atoms with van der Waals surface area (Å²) < 4.78 is 6.68. The fraction of sp³-hybridized carbons (Fsp3) is 0.562. The minimum atomic E-state index is -0.235. The number of esters is 1. The Balaban J connectivity index is 2.27. The highest BCUT2D eigenvalue weighted by atomic mass is 35.5. The molecule has 2 heterocycles. The Morgan fingerprint density at radius 1 is 1.36 bits per heavy atom.